The maximum Gasteiger partial charge on any atom is 0.244 e. The number of aromatic nitrogens is 1. The average molecular weight is 464 g/mol. The Hall–Kier alpha value is -3.16. The van der Waals surface area contributed by atoms with Gasteiger partial charge in [0.25, 0.3) is 0 Å². The number of carbonyl (C=O) groups is 1. The fourth-order valence-electron chi connectivity index (χ4n) is 3.68. The van der Waals surface area contributed by atoms with Crippen molar-refractivity contribution in [2.75, 3.05) is 31.2 Å². The Kier molecular flexibility index (Phi) is 7.75. The number of thiazole rings is 1. The third-order valence-corrected chi connectivity index (χ3v) is 6.33. The Morgan fingerprint density at radius 1 is 1.21 bits per heavy atom. The molecule has 172 valence electrons. The minimum absolute atomic E-state index is 0.0970. The molecule has 1 aliphatic heterocycles. The van der Waals surface area contributed by atoms with Crippen LogP contribution in [0.25, 0.3) is 6.08 Å². The second-order valence-corrected chi connectivity index (χ2v) is 9.00. The zero-order valence-electron chi connectivity index (χ0n) is 19.0. The molecule has 7 heteroatoms. The molecule has 0 spiro atoms. The van der Waals surface area contributed by atoms with Gasteiger partial charge in [-0.2, -0.15) is 0 Å². The number of nitrogens with zero attached hydrogens (tertiary/aromatic N) is 2. The summed E-state index contributed by atoms with van der Waals surface area (Å²) < 4.78 is 11.3. The Morgan fingerprint density at radius 3 is 2.70 bits per heavy atom. The molecule has 1 amide bonds. The van der Waals surface area contributed by atoms with Gasteiger partial charge < -0.3 is 19.7 Å². The number of ether oxygens (including phenoxy) is 2. The van der Waals surface area contributed by atoms with Crippen molar-refractivity contribution in [3.8, 4) is 5.75 Å². The molecule has 0 radical (unpaired) electrons. The van der Waals surface area contributed by atoms with Gasteiger partial charge in [0.1, 0.15) is 12.4 Å². The Bertz CT molecular complexity index is 1090. The van der Waals surface area contributed by atoms with E-state index in [4.69, 9.17) is 9.47 Å². The molecule has 3 aromatic rings. The Labute approximate surface area is 198 Å². The Balaban J connectivity index is 1.33. The van der Waals surface area contributed by atoms with Crippen LogP contribution in [0, 0.1) is 6.92 Å². The molecule has 1 N–H and O–H groups in total. The predicted molar refractivity (Wildman–Crippen MR) is 133 cm³/mol. The summed E-state index contributed by atoms with van der Waals surface area (Å²) in [5.41, 5.74) is 4.01. The van der Waals surface area contributed by atoms with Crippen LogP contribution in [0.4, 0.5) is 5.69 Å². The highest BCUT2D eigenvalue weighted by molar-refractivity contribution is 7.09. The fourth-order valence-corrected chi connectivity index (χ4v) is 4.28. The first-order valence-electron chi connectivity index (χ1n) is 11.1. The van der Waals surface area contributed by atoms with E-state index in [1.54, 1.807) is 23.5 Å². The van der Waals surface area contributed by atoms with Crippen LogP contribution in [0.2, 0.25) is 0 Å². The summed E-state index contributed by atoms with van der Waals surface area (Å²) in [4.78, 5) is 19.3. The minimum atomic E-state index is -0.148. The summed E-state index contributed by atoms with van der Waals surface area (Å²) >= 11 is 1.60. The third kappa shape index (κ3) is 6.43. The fraction of sp³-hybridized carbons (Fsp3) is 0.308. The van der Waals surface area contributed by atoms with Crippen molar-refractivity contribution < 1.29 is 14.3 Å². The molecule has 1 aromatic heterocycles. The molecule has 0 saturated carbocycles. The highest BCUT2D eigenvalue weighted by Gasteiger charge is 2.13. The molecule has 1 aliphatic rings. The van der Waals surface area contributed by atoms with E-state index in [0.717, 1.165) is 53.9 Å². The number of hydrogen-bond acceptors (Lipinski definition) is 6. The van der Waals surface area contributed by atoms with Crippen molar-refractivity contribution in [3.63, 3.8) is 0 Å². The second kappa shape index (κ2) is 11.1. The topological polar surface area (TPSA) is 63.7 Å². The molecule has 1 unspecified atom stereocenters. The normalized spacial score (nSPS) is 14.9. The van der Waals surface area contributed by atoms with Crippen LogP contribution in [-0.4, -0.2) is 37.2 Å². The van der Waals surface area contributed by atoms with E-state index >= 15 is 0 Å². The summed E-state index contributed by atoms with van der Waals surface area (Å²) in [6, 6.07) is 15.9. The highest BCUT2D eigenvalue weighted by Crippen LogP contribution is 2.22. The molecule has 2 heterocycles. The van der Waals surface area contributed by atoms with Gasteiger partial charge in [-0.1, -0.05) is 30.3 Å². The van der Waals surface area contributed by atoms with Crippen molar-refractivity contribution >= 4 is 29.0 Å². The van der Waals surface area contributed by atoms with E-state index in [1.165, 1.54) is 5.69 Å². The first kappa shape index (κ1) is 23.0. The molecule has 0 aliphatic carbocycles. The lowest BCUT2D eigenvalue weighted by Crippen LogP contribution is -2.36. The van der Waals surface area contributed by atoms with Gasteiger partial charge in [0.05, 0.1) is 30.0 Å². The number of aryl methyl sites for hydroxylation is 1. The number of para-hydroxylation sites is 1. The molecule has 1 atom stereocenters. The number of morpholine rings is 1. The molecule has 1 saturated heterocycles. The SMILES string of the molecule is Cc1nc(COc2ccccc2/C=C/C(=O)NC(C)c2ccc(N3CCOCC3)cc2)cs1. The lowest BCUT2D eigenvalue weighted by atomic mass is 10.1. The number of benzene rings is 2. The number of nitrogens with one attached hydrogen (secondary N) is 1. The highest BCUT2D eigenvalue weighted by atomic mass is 32.1. The molecule has 4 rings (SSSR count). The largest absolute Gasteiger partial charge is 0.487 e. The van der Waals surface area contributed by atoms with E-state index in [-0.39, 0.29) is 11.9 Å². The number of hydrogen-bond donors (Lipinski definition) is 1. The first-order chi connectivity index (χ1) is 16.1. The molecular formula is C26H29N3O3S. The van der Waals surface area contributed by atoms with Gasteiger partial charge in [0.15, 0.2) is 0 Å². The van der Waals surface area contributed by atoms with Crippen molar-refractivity contribution in [2.24, 2.45) is 0 Å². The zero-order valence-corrected chi connectivity index (χ0v) is 19.8. The first-order valence-corrected chi connectivity index (χ1v) is 12.0. The smallest absolute Gasteiger partial charge is 0.244 e. The number of carbonyl (C=O) groups excluding carboxylic acids is 1. The summed E-state index contributed by atoms with van der Waals surface area (Å²) in [6.45, 7) is 7.71. The molecule has 33 heavy (non-hydrogen) atoms. The van der Waals surface area contributed by atoms with Crippen LogP contribution < -0.4 is 15.0 Å². The maximum atomic E-state index is 12.5. The standard InChI is InChI=1S/C26H29N3O3S/c1-19(21-7-10-24(11-8-21)29-13-15-31-16-14-29)27-26(30)12-9-22-5-3-4-6-25(22)32-17-23-18-33-20(2)28-23/h3-12,18-19H,13-17H2,1-2H3,(H,27,30)/b12-9+. The molecule has 6 nitrogen and oxygen atoms in total. The van der Waals surface area contributed by atoms with Crippen molar-refractivity contribution in [3.05, 3.63) is 81.8 Å². The summed E-state index contributed by atoms with van der Waals surface area (Å²) in [7, 11) is 0. The van der Waals surface area contributed by atoms with Gasteiger partial charge in [-0.25, -0.2) is 4.98 Å². The van der Waals surface area contributed by atoms with E-state index in [2.05, 4.69) is 39.5 Å². The average Bonchev–Trinajstić information content (AvgIpc) is 3.27. The van der Waals surface area contributed by atoms with Crippen LogP contribution in [-0.2, 0) is 16.1 Å². The quantitative estimate of drug-likeness (QED) is 0.488. The van der Waals surface area contributed by atoms with E-state index in [1.807, 2.05) is 43.5 Å². The maximum absolute atomic E-state index is 12.5. The van der Waals surface area contributed by atoms with Crippen LogP contribution in [0.3, 0.4) is 0 Å². The van der Waals surface area contributed by atoms with Crippen LogP contribution in [0.15, 0.2) is 60.0 Å². The second-order valence-electron chi connectivity index (χ2n) is 7.94. The minimum Gasteiger partial charge on any atom is -0.487 e. The number of amides is 1. The van der Waals surface area contributed by atoms with E-state index < -0.39 is 0 Å². The molecular weight excluding hydrogens is 434 g/mol. The third-order valence-electron chi connectivity index (χ3n) is 5.50. The summed E-state index contributed by atoms with van der Waals surface area (Å²) in [5.74, 6) is 0.573. The van der Waals surface area contributed by atoms with Gasteiger partial charge in [-0.3, -0.25) is 4.79 Å². The van der Waals surface area contributed by atoms with Crippen molar-refractivity contribution in [1.82, 2.24) is 10.3 Å². The van der Waals surface area contributed by atoms with E-state index in [0.29, 0.717) is 6.61 Å². The monoisotopic (exact) mass is 463 g/mol. The molecule has 1 fully saturated rings. The summed E-state index contributed by atoms with van der Waals surface area (Å²) in [6.07, 6.45) is 3.33. The van der Waals surface area contributed by atoms with Crippen molar-refractivity contribution in [2.45, 2.75) is 26.5 Å². The lowest BCUT2D eigenvalue weighted by Gasteiger charge is -2.29. The van der Waals surface area contributed by atoms with Crippen LogP contribution in [0.5, 0.6) is 5.75 Å². The van der Waals surface area contributed by atoms with Crippen molar-refractivity contribution in [1.29, 1.82) is 0 Å². The van der Waals surface area contributed by atoms with Crippen LogP contribution in [0.1, 0.15) is 34.8 Å². The molecule has 2 aromatic carbocycles. The predicted octanol–water partition coefficient (Wildman–Crippen LogP) is 4.76. The van der Waals surface area contributed by atoms with Gasteiger partial charge >= 0.3 is 0 Å². The summed E-state index contributed by atoms with van der Waals surface area (Å²) in [5, 5.41) is 6.05. The zero-order chi connectivity index (χ0) is 23.0. The number of rotatable bonds is 8. The van der Waals surface area contributed by atoms with Gasteiger partial charge in [-0.15, -0.1) is 11.3 Å². The van der Waals surface area contributed by atoms with Crippen LogP contribution >= 0.6 is 11.3 Å². The van der Waals surface area contributed by atoms with Gasteiger partial charge in [-0.05, 0) is 43.7 Å². The Morgan fingerprint density at radius 2 is 1.97 bits per heavy atom. The van der Waals surface area contributed by atoms with Gasteiger partial charge in [0, 0.05) is 35.8 Å². The molecule has 0 bridgehead atoms. The van der Waals surface area contributed by atoms with Gasteiger partial charge in [0.2, 0.25) is 5.91 Å². The number of anilines is 1. The van der Waals surface area contributed by atoms with E-state index in [9.17, 15) is 4.79 Å². The lowest BCUT2D eigenvalue weighted by molar-refractivity contribution is -0.117.